The van der Waals surface area contributed by atoms with Gasteiger partial charge in [-0.05, 0) is 24.6 Å². The Hall–Kier alpha value is -2.83. The molecule has 3 rings (SSSR count). The van der Waals surface area contributed by atoms with Crippen molar-refractivity contribution in [3.8, 4) is 11.4 Å². The quantitative estimate of drug-likeness (QED) is 0.491. The van der Waals surface area contributed by atoms with Gasteiger partial charge in [0.15, 0.2) is 11.5 Å². The van der Waals surface area contributed by atoms with Crippen molar-refractivity contribution in [2.45, 2.75) is 32.6 Å². The van der Waals surface area contributed by atoms with Crippen molar-refractivity contribution < 1.29 is 9.53 Å². The molecule has 0 atom stereocenters. The van der Waals surface area contributed by atoms with Gasteiger partial charge in [0.1, 0.15) is 0 Å². The molecule has 0 saturated heterocycles. The molecule has 24 heavy (non-hydrogen) atoms. The number of esters is 1. The number of hydrogen-bond acceptors (Lipinski definition) is 6. The Labute approximate surface area is 139 Å². The number of unbranched alkanes of at least 4 members (excludes halogenated alkanes) is 3. The lowest BCUT2D eigenvalue weighted by molar-refractivity contribution is 0.0491. The van der Waals surface area contributed by atoms with Crippen LogP contribution < -0.4 is 0 Å². The standard InChI is InChI=1S/C17H19N5O2/c1-2-3-4-5-12-24-16(23)14-8-11-22-17(19-14)20-15(21-22)13-6-9-18-10-7-13/h6-11H,2-5,12H2,1H3. The highest BCUT2D eigenvalue weighted by atomic mass is 16.5. The average molecular weight is 325 g/mol. The zero-order chi connectivity index (χ0) is 16.8. The third-order valence-electron chi connectivity index (χ3n) is 3.59. The maximum Gasteiger partial charge on any atom is 0.357 e. The number of hydrogen-bond donors (Lipinski definition) is 0. The van der Waals surface area contributed by atoms with E-state index in [9.17, 15) is 4.79 Å². The minimum absolute atomic E-state index is 0.242. The smallest absolute Gasteiger partial charge is 0.357 e. The number of fused-ring (bicyclic) bond motifs is 1. The van der Waals surface area contributed by atoms with E-state index in [2.05, 4.69) is 27.0 Å². The van der Waals surface area contributed by atoms with Crippen LogP contribution in [0.3, 0.4) is 0 Å². The number of rotatable bonds is 7. The zero-order valence-electron chi connectivity index (χ0n) is 13.6. The van der Waals surface area contributed by atoms with Crippen LogP contribution in [0.25, 0.3) is 17.2 Å². The zero-order valence-corrected chi connectivity index (χ0v) is 13.6. The topological polar surface area (TPSA) is 82.3 Å². The highest BCUT2D eigenvalue weighted by Gasteiger charge is 2.13. The number of pyridine rings is 1. The first-order valence-corrected chi connectivity index (χ1v) is 8.09. The van der Waals surface area contributed by atoms with Crippen molar-refractivity contribution in [1.29, 1.82) is 0 Å². The van der Waals surface area contributed by atoms with E-state index in [1.165, 1.54) is 4.52 Å². The van der Waals surface area contributed by atoms with Gasteiger partial charge in [-0.1, -0.05) is 26.2 Å². The first-order valence-electron chi connectivity index (χ1n) is 8.09. The van der Waals surface area contributed by atoms with Gasteiger partial charge in [0.2, 0.25) is 0 Å². The van der Waals surface area contributed by atoms with Crippen LogP contribution >= 0.6 is 0 Å². The van der Waals surface area contributed by atoms with E-state index in [4.69, 9.17) is 4.74 Å². The Morgan fingerprint density at radius 3 is 2.75 bits per heavy atom. The molecule has 7 heteroatoms. The summed E-state index contributed by atoms with van der Waals surface area (Å²) in [6.07, 6.45) is 9.26. The molecule has 0 aromatic carbocycles. The Morgan fingerprint density at radius 2 is 1.96 bits per heavy atom. The summed E-state index contributed by atoms with van der Waals surface area (Å²) < 4.78 is 6.78. The SMILES string of the molecule is CCCCCCOC(=O)c1ccn2nc(-c3ccncc3)nc2n1. The molecule has 0 unspecified atom stereocenters. The fraction of sp³-hybridized carbons (Fsp3) is 0.353. The first kappa shape index (κ1) is 16.0. The molecule has 124 valence electrons. The van der Waals surface area contributed by atoms with Gasteiger partial charge in [0.25, 0.3) is 5.78 Å². The average Bonchev–Trinajstić information content (AvgIpc) is 3.05. The van der Waals surface area contributed by atoms with Crippen LogP contribution in [0.15, 0.2) is 36.8 Å². The van der Waals surface area contributed by atoms with E-state index in [0.29, 0.717) is 18.2 Å². The molecule has 3 aromatic heterocycles. The van der Waals surface area contributed by atoms with Gasteiger partial charge in [-0.15, -0.1) is 5.10 Å². The number of nitrogens with zero attached hydrogens (tertiary/aromatic N) is 5. The maximum absolute atomic E-state index is 12.0. The Bertz CT molecular complexity index is 816. The van der Waals surface area contributed by atoms with E-state index in [0.717, 1.165) is 31.2 Å². The lowest BCUT2D eigenvalue weighted by Crippen LogP contribution is -2.09. The second kappa shape index (κ2) is 7.63. The van der Waals surface area contributed by atoms with E-state index in [-0.39, 0.29) is 5.69 Å². The third kappa shape index (κ3) is 3.73. The Kier molecular flexibility index (Phi) is 5.10. The van der Waals surface area contributed by atoms with Crippen molar-refractivity contribution >= 4 is 11.7 Å². The highest BCUT2D eigenvalue weighted by Crippen LogP contribution is 2.14. The van der Waals surface area contributed by atoms with Crippen LogP contribution in [0.5, 0.6) is 0 Å². The second-order valence-electron chi connectivity index (χ2n) is 5.43. The van der Waals surface area contributed by atoms with Gasteiger partial charge in [-0.25, -0.2) is 14.3 Å². The minimum Gasteiger partial charge on any atom is -0.461 e. The number of aromatic nitrogens is 5. The van der Waals surface area contributed by atoms with Gasteiger partial charge in [0, 0.05) is 24.2 Å². The predicted molar refractivity (Wildman–Crippen MR) is 88.4 cm³/mol. The molecule has 0 aliphatic rings. The molecule has 0 N–H and O–H groups in total. The molecule has 3 aromatic rings. The molecule has 7 nitrogen and oxygen atoms in total. The molecule has 3 heterocycles. The van der Waals surface area contributed by atoms with Crippen LogP contribution in [0.1, 0.15) is 43.1 Å². The van der Waals surface area contributed by atoms with Crippen molar-refractivity contribution in [1.82, 2.24) is 24.6 Å². The van der Waals surface area contributed by atoms with Crippen molar-refractivity contribution in [2.75, 3.05) is 6.61 Å². The molecule has 0 saturated carbocycles. The fourth-order valence-corrected chi connectivity index (χ4v) is 2.28. The highest BCUT2D eigenvalue weighted by molar-refractivity contribution is 5.87. The van der Waals surface area contributed by atoms with Gasteiger partial charge in [-0.2, -0.15) is 4.98 Å². The Morgan fingerprint density at radius 1 is 1.12 bits per heavy atom. The summed E-state index contributed by atoms with van der Waals surface area (Å²) in [4.78, 5) is 24.6. The second-order valence-corrected chi connectivity index (χ2v) is 5.43. The van der Waals surface area contributed by atoms with E-state index in [1.54, 1.807) is 24.7 Å². The van der Waals surface area contributed by atoms with Gasteiger partial charge < -0.3 is 4.74 Å². The molecule has 0 fully saturated rings. The lowest BCUT2D eigenvalue weighted by atomic mass is 10.2. The van der Waals surface area contributed by atoms with E-state index < -0.39 is 5.97 Å². The molecule has 0 radical (unpaired) electrons. The summed E-state index contributed by atoms with van der Waals surface area (Å²) in [5, 5.41) is 4.34. The van der Waals surface area contributed by atoms with Gasteiger partial charge in [0.05, 0.1) is 6.61 Å². The minimum atomic E-state index is -0.428. The summed E-state index contributed by atoms with van der Waals surface area (Å²) >= 11 is 0. The summed E-state index contributed by atoms with van der Waals surface area (Å²) in [5.41, 5.74) is 1.09. The van der Waals surface area contributed by atoms with Crippen LogP contribution in [-0.4, -0.2) is 37.1 Å². The third-order valence-corrected chi connectivity index (χ3v) is 3.59. The largest absolute Gasteiger partial charge is 0.461 e. The molecule has 0 aliphatic carbocycles. The van der Waals surface area contributed by atoms with Gasteiger partial charge in [-0.3, -0.25) is 4.98 Å². The summed E-state index contributed by atoms with van der Waals surface area (Å²) in [5.74, 6) is 0.472. The van der Waals surface area contributed by atoms with Crippen molar-refractivity contribution in [3.05, 3.63) is 42.5 Å². The van der Waals surface area contributed by atoms with Gasteiger partial charge >= 0.3 is 5.97 Å². The fourth-order valence-electron chi connectivity index (χ4n) is 2.28. The van der Waals surface area contributed by atoms with Crippen molar-refractivity contribution in [3.63, 3.8) is 0 Å². The number of carbonyl (C=O) groups excluding carboxylic acids is 1. The first-order chi connectivity index (χ1) is 11.8. The number of carbonyl (C=O) groups is 1. The maximum atomic E-state index is 12.0. The molecular weight excluding hydrogens is 306 g/mol. The van der Waals surface area contributed by atoms with E-state index >= 15 is 0 Å². The molecule has 0 spiro atoms. The summed E-state index contributed by atoms with van der Waals surface area (Å²) in [6.45, 7) is 2.56. The Balaban J connectivity index is 1.70. The molecule has 0 amide bonds. The van der Waals surface area contributed by atoms with Crippen LogP contribution in [-0.2, 0) is 4.74 Å². The molecule has 0 bridgehead atoms. The van der Waals surface area contributed by atoms with Crippen LogP contribution in [0.4, 0.5) is 0 Å². The van der Waals surface area contributed by atoms with Crippen LogP contribution in [0.2, 0.25) is 0 Å². The lowest BCUT2D eigenvalue weighted by Gasteiger charge is -2.03. The monoisotopic (exact) mass is 325 g/mol. The van der Waals surface area contributed by atoms with Crippen LogP contribution in [0, 0.1) is 0 Å². The van der Waals surface area contributed by atoms with E-state index in [1.807, 2.05) is 12.1 Å². The normalized spacial score (nSPS) is 10.9. The summed E-state index contributed by atoms with van der Waals surface area (Å²) in [6, 6.07) is 5.23. The van der Waals surface area contributed by atoms with Crippen molar-refractivity contribution in [2.24, 2.45) is 0 Å². The molecule has 0 aliphatic heterocycles. The predicted octanol–water partition coefficient (Wildman–Crippen LogP) is 2.92. The number of ether oxygens (including phenoxy) is 1. The molecular formula is C17H19N5O2. The summed E-state index contributed by atoms with van der Waals surface area (Å²) in [7, 11) is 0.